The summed E-state index contributed by atoms with van der Waals surface area (Å²) in [5, 5.41) is 11.7. The zero-order valence-electron chi connectivity index (χ0n) is 22.7. The molecule has 1 N–H and O–H groups in total. The van der Waals surface area contributed by atoms with Crippen molar-refractivity contribution in [2.45, 2.75) is 52.5 Å². The third kappa shape index (κ3) is 4.86. The number of benzene rings is 3. The number of esters is 1. The standard InChI is InChI=1S/C32H33NO5/c1-7-20-12-14-21(15-13-20)27-26(28(34)25-18-23(32(3,4)5)16-11-19(25)2)29(35)30(36)33(27)24-10-8-9-22(17-24)31(37)38-6/h8-18,27,34H,7H2,1-6H3/b28-26+. The Morgan fingerprint density at radius 1 is 1.00 bits per heavy atom. The quantitative estimate of drug-likeness (QED) is 0.189. The molecule has 4 rings (SSSR count). The summed E-state index contributed by atoms with van der Waals surface area (Å²) >= 11 is 0. The number of hydrogen-bond acceptors (Lipinski definition) is 5. The van der Waals surface area contributed by atoms with Crippen molar-refractivity contribution in [3.8, 4) is 0 Å². The molecule has 0 aromatic heterocycles. The predicted octanol–water partition coefficient (Wildman–Crippen LogP) is 6.27. The molecule has 1 aliphatic rings. The fourth-order valence-corrected chi connectivity index (χ4v) is 4.74. The summed E-state index contributed by atoms with van der Waals surface area (Å²) in [5.41, 5.74) is 4.51. The van der Waals surface area contributed by atoms with E-state index in [1.54, 1.807) is 18.2 Å². The van der Waals surface area contributed by atoms with Crippen molar-refractivity contribution in [2.24, 2.45) is 0 Å². The van der Waals surface area contributed by atoms with Gasteiger partial charge in [-0.15, -0.1) is 0 Å². The van der Waals surface area contributed by atoms with Gasteiger partial charge < -0.3 is 9.84 Å². The van der Waals surface area contributed by atoms with E-state index in [0.717, 1.165) is 23.1 Å². The number of amides is 1. The Morgan fingerprint density at radius 2 is 1.68 bits per heavy atom. The van der Waals surface area contributed by atoms with Crippen LogP contribution in [-0.2, 0) is 26.2 Å². The van der Waals surface area contributed by atoms with E-state index >= 15 is 0 Å². The fourth-order valence-electron chi connectivity index (χ4n) is 4.74. The number of carbonyl (C=O) groups is 3. The molecule has 1 unspecified atom stereocenters. The molecule has 6 heteroatoms. The number of hydrogen-bond donors (Lipinski definition) is 1. The summed E-state index contributed by atoms with van der Waals surface area (Å²) in [6, 6.07) is 19.0. The highest BCUT2D eigenvalue weighted by Crippen LogP contribution is 2.43. The van der Waals surface area contributed by atoms with Gasteiger partial charge in [0.05, 0.1) is 24.3 Å². The molecule has 3 aromatic rings. The Hall–Kier alpha value is -4.19. The lowest BCUT2D eigenvalue weighted by molar-refractivity contribution is -0.132. The lowest BCUT2D eigenvalue weighted by Gasteiger charge is -2.26. The highest BCUT2D eigenvalue weighted by Gasteiger charge is 2.47. The highest BCUT2D eigenvalue weighted by atomic mass is 16.5. The van der Waals surface area contributed by atoms with Gasteiger partial charge in [-0.1, -0.05) is 70.2 Å². The molecule has 6 nitrogen and oxygen atoms in total. The average molecular weight is 512 g/mol. The van der Waals surface area contributed by atoms with Gasteiger partial charge in [-0.3, -0.25) is 14.5 Å². The second-order valence-corrected chi connectivity index (χ2v) is 10.6. The molecular formula is C32H33NO5. The summed E-state index contributed by atoms with van der Waals surface area (Å²) in [7, 11) is 1.28. The van der Waals surface area contributed by atoms with Crippen LogP contribution in [0.25, 0.3) is 5.76 Å². The number of ether oxygens (including phenoxy) is 1. The molecule has 0 saturated carbocycles. The molecule has 0 spiro atoms. The highest BCUT2D eigenvalue weighted by molar-refractivity contribution is 6.51. The first-order valence-corrected chi connectivity index (χ1v) is 12.7. The molecule has 1 aliphatic heterocycles. The number of aryl methyl sites for hydroxylation is 2. The maximum atomic E-state index is 13.6. The van der Waals surface area contributed by atoms with Gasteiger partial charge in [-0.2, -0.15) is 0 Å². The van der Waals surface area contributed by atoms with Crippen LogP contribution < -0.4 is 4.90 Å². The largest absolute Gasteiger partial charge is 0.507 e. The van der Waals surface area contributed by atoms with Crippen molar-refractivity contribution < 1.29 is 24.2 Å². The maximum absolute atomic E-state index is 13.6. The Labute approximate surface area is 223 Å². The van der Waals surface area contributed by atoms with E-state index in [-0.39, 0.29) is 22.3 Å². The number of nitrogens with zero attached hydrogens (tertiary/aromatic N) is 1. The van der Waals surface area contributed by atoms with E-state index < -0.39 is 23.7 Å². The normalized spacial score (nSPS) is 17.1. The molecule has 1 atom stereocenters. The predicted molar refractivity (Wildman–Crippen MR) is 148 cm³/mol. The maximum Gasteiger partial charge on any atom is 0.337 e. The molecule has 3 aromatic carbocycles. The van der Waals surface area contributed by atoms with Gasteiger partial charge in [0.15, 0.2) is 0 Å². The topological polar surface area (TPSA) is 83.9 Å². The number of aliphatic hydroxyl groups is 1. The van der Waals surface area contributed by atoms with Crippen LogP contribution in [0.15, 0.2) is 72.3 Å². The second kappa shape index (κ2) is 10.3. The number of ketones is 1. The second-order valence-electron chi connectivity index (χ2n) is 10.6. The summed E-state index contributed by atoms with van der Waals surface area (Å²) in [4.78, 5) is 40.7. The molecule has 196 valence electrons. The molecule has 38 heavy (non-hydrogen) atoms. The summed E-state index contributed by atoms with van der Waals surface area (Å²) < 4.78 is 4.85. The average Bonchev–Trinajstić information content (AvgIpc) is 3.17. The van der Waals surface area contributed by atoms with Gasteiger partial charge in [0.25, 0.3) is 11.7 Å². The van der Waals surface area contributed by atoms with E-state index in [1.807, 2.05) is 56.3 Å². The fraction of sp³-hybridized carbons (Fsp3) is 0.281. The first kappa shape index (κ1) is 26.9. The lowest BCUT2D eigenvalue weighted by atomic mass is 9.84. The first-order chi connectivity index (χ1) is 18.0. The van der Waals surface area contributed by atoms with Gasteiger partial charge >= 0.3 is 5.97 Å². The van der Waals surface area contributed by atoms with E-state index in [1.165, 1.54) is 18.1 Å². The summed E-state index contributed by atoms with van der Waals surface area (Å²) in [5.74, 6) is -2.33. The van der Waals surface area contributed by atoms with Gasteiger partial charge in [0, 0.05) is 11.3 Å². The van der Waals surface area contributed by atoms with Crippen LogP contribution in [0.2, 0.25) is 0 Å². The van der Waals surface area contributed by atoms with Crippen LogP contribution in [0.1, 0.15) is 71.9 Å². The van der Waals surface area contributed by atoms with E-state index in [0.29, 0.717) is 16.8 Å². The minimum absolute atomic E-state index is 0.0110. The van der Waals surface area contributed by atoms with Crippen LogP contribution in [0.5, 0.6) is 0 Å². The number of Topliss-reactive ketones (excluding diaryl/α,β-unsaturated/α-hetero) is 1. The van der Waals surface area contributed by atoms with Crippen molar-refractivity contribution in [3.05, 3.63) is 106 Å². The molecule has 0 aliphatic carbocycles. The number of rotatable bonds is 5. The third-order valence-electron chi connectivity index (χ3n) is 7.05. The smallest absolute Gasteiger partial charge is 0.337 e. The van der Waals surface area contributed by atoms with Crippen molar-refractivity contribution in [1.82, 2.24) is 0 Å². The first-order valence-electron chi connectivity index (χ1n) is 12.7. The molecular weight excluding hydrogens is 478 g/mol. The molecule has 1 fully saturated rings. The zero-order valence-corrected chi connectivity index (χ0v) is 22.7. The monoisotopic (exact) mass is 511 g/mol. The Bertz CT molecular complexity index is 1440. The minimum atomic E-state index is -0.883. The van der Waals surface area contributed by atoms with Crippen LogP contribution in [0.3, 0.4) is 0 Å². The van der Waals surface area contributed by atoms with Gasteiger partial charge in [0.2, 0.25) is 0 Å². The zero-order chi connectivity index (χ0) is 27.8. The lowest BCUT2D eigenvalue weighted by Crippen LogP contribution is -2.29. The molecule has 1 saturated heterocycles. The summed E-state index contributed by atoms with van der Waals surface area (Å²) in [6.45, 7) is 10.1. The number of aliphatic hydroxyl groups excluding tert-OH is 1. The van der Waals surface area contributed by atoms with Crippen LogP contribution >= 0.6 is 0 Å². The van der Waals surface area contributed by atoms with Crippen molar-refractivity contribution in [3.63, 3.8) is 0 Å². The number of carbonyl (C=O) groups excluding carboxylic acids is 3. The molecule has 0 radical (unpaired) electrons. The van der Waals surface area contributed by atoms with Crippen LogP contribution in [0, 0.1) is 6.92 Å². The van der Waals surface area contributed by atoms with Crippen LogP contribution in [-0.4, -0.2) is 29.9 Å². The van der Waals surface area contributed by atoms with E-state index in [2.05, 4.69) is 20.8 Å². The van der Waals surface area contributed by atoms with Gasteiger partial charge in [-0.05, 0) is 65.3 Å². The Kier molecular flexibility index (Phi) is 7.27. The van der Waals surface area contributed by atoms with Gasteiger partial charge in [-0.25, -0.2) is 4.79 Å². The van der Waals surface area contributed by atoms with E-state index in [9.17, 15) is 19.5 Å². The van der Waals surface area contributed by atoms with Crippen LogP contribution in [0.4, 0.5) is 5.69 Å². The number of methoxy groups -OCH3 is 1. The molecule has 1 amide bonds. The number of anilines is 1. The van der Waals surface area contributed by atoms with Crippen molar-refractivity contribution in [1.29, 1.82) is 0 Å². The van der Waals surface area contributed by atoms with Gasteiger partial charge in [0.1, 0.15) is 5.76 Å². The minimum Gasteiger partial charge on any atom is -0.507 e. The Balaban J connectivity index is 1.97. The third-order valence-corrected chi connectivity index (χ3v) is 7.05. The summed E-state index contributed by atoms with van der Waals surface area (Å²) in [6.07, 6.45) is 0.834. The van der Waals surface area contributed by atoms with Crippen molar-refractivity contribution >= 4 is 29.1 Å². The molecule has 0 bridgehead atoms. The van der Waals surface area contributed by atoms with E-state index in [4.69, 9.17) is 4.74 Å². The van der Waals surface area contributed by atoms with Crippen molar-refractivity contribution in [2.75, 3.05) is 12.0 Å². The molecule has 1 heterocycles. The Morgan fingerprint density at radius 3 is 2.29 bits per heavy atom. The SMILES string of the molecule is CCc1ccc(C2/C(=C(\O)c3cc(C(C)(C)C)ccc3C)C(=O)C(=O)N2c2cccc(C(=O)OC)c2)cc1.